The van der Waals surface area contributed by atoms with Gasteiger partial charge >= 0.3 is 0 Å². The molecule has 1 aromatic carbocycles. The molecular formula is C21H24N2O2. The lowest BCUT2D eigenvalue weighted by atomic mass is 9.65. The number of ketones is 1. The van der Waals surface area contributed by atoms with Gasteiger partial charge in [-0.15, -0.1) is 0 Å². The van der Waals surface area contributed by atoms with E-state index in [2.05, 4.69) is 30.1 Å². The first kappa shape index (κ1) is 16.1. The second-order valence-electron chi connectivity index (χ2n) is 8.02. The maximum Gasteiger partial charge on any atom is 0.160 e. The highest BCUT2D eigenvalue weighted by atomic mass is 16.5. The summed E-state index contributed by atoms with van der Waals surface area (Å²) in [7, 11) is 1.69. The molecular weight excluding hydrogens is 312 g/mol. The van der Waals surface area contributed by atoms with E-state index in [0.717, 1.165) is 46.7 Å². The van der Waals surface area contributed by atoms with Crippen LogP contribution in [-0.4, -0.2) is 23.1 Å². The molecule has 0 bridgehead atoms. The number of H-pyrrole nitrogens is 1. The number of hydrogen-bond acceptors (Lipinski definition) is 3. The zero-order valence-corrected chi connectivity index (χ0v) is 15.3. The lowest BCUT2D eigenvalue weighted by Crippen LogP contribution is -2.32. The van der Waals surface area contributed by atoms with Crippen LogP contribution in [0.2, 0.25) is 0 Å². The maximum absolute atomic E-state index is 13.1. The van der Waals surface area contributed by atoms with E-state index in [9.17, 15) is 4.79 Å². The van der Waals surface area contributed by atoms with Crippen LogP contribution in [0.4, 0.5) is 0 Å². The summed E-state index contributed by atoms with van der Waals surface area (Å²) in [5.74, 6) is 1.01. The molecule has 2 aliphatic rings. The minimum Gasteiger partial charge on any atom is -0.496 e. The van der Waals surface area contributed by atoms with Crippen molar-refractivity contribution in [1.82, 2.24) is 10.2 Å². The van der Waals surface area contributed by atoms with Gasteiger partial charge in [0.25, 0.3) is 0 Å². The zero-order chi connectivity index (χ0) is 17.8. The van der Waals surface area contributed by atoms with Crippen molar-refractivity contribution < 1.29 is 9.53 Å². The number of nitrogens with one attached hydrogen (secondary N) is 1. The molecule has 0 amide bonds. The molecule has 1 N–H and O–H groups in total. The summed E-state index contributed by atoms with van der Waals surface area (Å²) < 4.78 is 5.62. The molecule has 1 heterocycles. The number of para-hydroxylation sites is 1. The lowest BCUT2D eigenvalue weighted by Gasteiger charge is -2.38. The fraction of sp³-hybridized carbons (Fsp3) is 0.429. The summed E-state index contributed by atoms with van der Waals surface area (Å²) in [6, 6.07) is 8.02. The summed E-state index contributed by atoms with van der Waals surface area (Å²) in [5.41, 5.74) is 6.54. The number of hydrogen-bond donors (Lipinski definition) is 1. The molecule has 4 nitrogen and oxygen atoms in total. The summed E-state index contributed by atoms with van der Waals surface area (Å²) in [5, 5.41) is 7.67. The Kier molecular flexibility index (Phi) is 3.60. The number of benzene rings is 1. The average molecular weight is 336 g/mol. The smallest absolute Gasteiger partial charge is 0.160 e. The van der Waals surface area contributed by atoms with Crippen molar-refractivity contribution in [3.05, 3.63) is 57.9 Å². The molecule has 25 heavy (non-hydrogen) atoms. The van der Waals surface area contributed by atoms with Crippen molar-refractivity contribution in [2.75, 3.05) is 7.11 Å². The highest BCUT2D eigenvalue weighted by Gasteiger charge is 2.42. The standard InChI is InChI=1S/C21H24N2O2/c1-12-18-15(23-22-12)9-13-10-21(2,3)11-16(24)19(13)20(18)14-7-5-6-8-17(14)25-4/h5-8,20H,9-11H2,1-4H3,(H,22,23)/t20-/m1/s1. The van der Waals surface area contributed by atoms with Crippen LogP contribution in [0.25, 0.3) is 0 Å². The van der Waals surface area contributed by atoms with Gasteiger partial charge in [0.15, 0.2) is 5.78 Å². The van der Waals surface area contributed by atoms with Crippen LogP contribution in [0.1, 0.15) is 55.1 Å². The summed E-state index contributed by atoms with van der Waals surface area (Å²) in [6.45, 7) is 6.40. The Morgan fingerprint density at radius 2 is 2.00 bits per heavy atom. The van der Waals surface area contributed by atoms with Crippen LogP contribution in [-0.2, 0) is 11.2 Å². The number of rotatable bonds is 2. The summed E-state index contributed by atoms with van der Waals surface area (Å²) in [4.78, 5) is 13.1. The Morgan fingerprint density at radius 3 is 2.76 bits per heavy atom. The predicted octanol–water partition coefficient (Wildman–Crippen LogP) is 4.10. The molecule has 1 aromatic heterocycles. The van der Waals surface area contributed by atoms with E-state index < -0.39 is 0 Å². The monoisotopic (exact) mass is 336 g/mol. The van der Waals surface area contributed by atoms with Crippen LogP contribution >= 0.6 is 0 Å². The zero-order valence-electron chi connectivity index (χ0n) is 15.3. The number of carbonyl (C=O) groups is 1. The highest BCUT2D eigenvalue weighted by molar-refractivity contribution is 6.00. The second kappa shape index (κ2) is 5.58. The molecule has 0 aliphatic heterocycles. The van der Waals surface area contributed by atoms with E-state index >= 15 is 0 Å². The van der Waals surface area contributed by atoms with E-state index in [4.69, 9.17) is 4.74 Å². The fourth-order valence-corrected chi connectivity index (χ4v) is 4.55. The molecule has 4 heteroatoms. The van der Waals surface area contributed by atoms with Crippen molar-refractivity contribution in [3.8, 4) is 5.75 Å². The molecule has 1 atom stereocenters. The third-order valence-electron chi connectivity index (χ3n) is 5.49. The van der Waals surface area contributed by atoms with E-state index in [1.807, 2.05) is 25.1 Å². The molecule has 0 radical (unpaired) electrons. The van der Waals surface area contributed by atoms with Crippen LogP contribution in [0.3, 0.4) is 0 Å². The lowest BCUT2D eigenvalue weighted by molar-refractivity contribution is -0.118. The number of allylic oxidation sites excluding steroid dienone is 2. The van der Waals surface area contributed by atoms with E-state index in [0.29, 0.717) is 6.42 Å². The summed E-state index contributed by atoms with van der Waals surface area (Å²) >= 11 is 0. The first-order valence-corrected chi connectivity index (χ1v) is 8.83. The van der Waals surface area contributed by atoms with Crippen LogP contribution < -0.4 is 4.74 Å². The third kappa shape index (κ3) is 2.51. The molecule has 0 saturated carbocycles. The van der Waals surface area contributed by atoms with Crippen LogP contribution in [0.5, 0.6) is 5.75 Å². The number of aromatic nitrogens is 2. The minimum atomic E-state index is -0.0859. The predicted molar refractivity (Wildman–Crippen MR) is 96.9 cm³/mol. The molecule has 0 spiro atoms. The van der Waals surface area contributed by atoms with Gasteiger partial charge in [-0.05, 0) is 24.8 Å². The number of aromatic amines is 1. The van der Waals surface area contributed by atoms with Gasteiger partial charge in [0, 0.05) is 41.2 Å². The van der Waals surface area contributed by atoms with E-state index in [1.54, 1.807) is 7.11 Å². The Morgan fingerprint density at radius 1 is 1.24 bits per heavy atom. The van der Waals surface area contributed by atoms with Gasteiger partial charge in [-0.2, -0.15) is 5.10 Å². The number of ether oxygens (including phenoxy) is 1. The van der Waals surface area contributed by atoms with Crippen molar-refractivity contribution in [2.24, 2.45) is 5.41 Å². The number of aryl methyl sites for hydroxylation is 1. The Balaban J connectivity index is 1.97. The van der Waals surface area contributed by atoms with E-state index in [-0.39, 0.29) is 17.1 Å². The largest absolute Gasteiger partial charge is 0.496 e. The van der Waals surface area contributed by atoms with Gasteiger partial charge < -0.3 is 4.74 Å². The fourth-order valence-electron chi connectivity index (χ4n) is 4.55. The van der Waals surface area contributed by atoms with Gasteiger partial charge in [-0.25, -0.2) is 0 Å². The number of fused-ring (bicyclic) bond motifs is 1. The van der Waals surface area contributed by atoms with Crippen molar-refractivity contribution >= 4 is 5.78 Å². The van der Waals surface area contributed by atoms with Gasteiger partial charge in [-0.1, -0.05) is 37.6 Å². The highest BCUT2D eigenvalue weighted by Crippen LogP contribution is 2.50. The number of Topliss-reactive ketones (excluding diaryl/α,β-unsaturated/α-hetero) is 1. The Hall–Kier alpha value is -2.36. The van der Waals surface area contributed by atoms with Gasteiger partial charge in [-0.3, -0.25) is 9.89 Å². The van der Waals surface area contributed by atoms with Gasteiger partial charge in [0.05, 0.1) is 12.8 Å². The molecule has 0 unspecified atom stereocenters. The first-order chi connectivity index (χ1) is 11.9. The van der Waals surface area contributed by atoms with Crippen molar-refractivity contribution in [2.45, 2.75) is 46.0 Å². The normalized spacial score (nSPS) is 21.8. The summed E-state index contributed by atoms with van der Waals surface area (Å²) in [6.07, 6.45) is 2.32. The molecule has 2 aromatic rings. The second-order valence-corrected chi connectivity index (χ2v) is 8.02. The van der Waals surface area contributed by atoms with E-state index in [1.165, 1.54) is 5.57 Å². The topological polar surface area (TPSA) is 55.0 Å². The molecule has 0 saturated heterocycles. The SMILES string of the molecule is COc1ccccc1[C@H]1C2=C(Cc3n[nH]c(C)c31)CC(C)(C)CC2=O. The Labute approximate surface area is 148 Å². The quantitative estimate of drug-likeness (QED) is 0.898. The number of methoxy groups -OCH3 is 1. The molecule has 2 aliphatic carbocycles. The van der Waals surface area contributed by atoms with Crippen LogP contribution in [0.15, 0.2) is 35.4 Å². The average Bonchev–Trinajstić information content (AvgIpc) is 2.92. The number of nitrogens with zero attached hydrogens (tertiary/aromatic N) is 1. The third-order valence-corrected chi connectivity index (χ3v) is 5.49. The molecule has 4 rings (SSSR count). The maximum atomic E-state index is 13.1. The van der Waals surface area contributed by atoms with Crippen LogP contribution in [0, 0.1) is 12.3 Å². The van der Waals surface area contributed by atoms with Crippen molar-refractivity contribution in [1.29, 1.82) is 0 Å². The van der Waals surface area contributed by atoms with Gasteiger partial charge in [0.2, 0.25) is 0 Å². The minimum absolute atomic E-state index is 0.0180. The first-order valence-electron chi connectivity index (χ1n) is 8.83. The molecule has 0 fully saturated rings. The van der Waals surface area contributed by atoms with Gasteiger partial charge in [0.1, 0.15) is 5.75 Å². The number of carbonyl (C=O) groups excluding carboxylic acids is 1. The molecule has 130 valence electrons. The Bertz CT molecular complexity index is 889. The van der Waals surface area contributed by atoms with Crippen molar-refractivity contribution in [3.63, 3.8) is 0 Å².